The summed E-state index contributed by atoms with van der Waals surface area (Å²) in [6.07, 6.45) is 4.31. The van der Waals surface area contributed by atoms with Crippen molar-refractivity contribution in [2.75, 3.05) is 20.6 Å². The summed E-state index contributed by atoms with van der Waals surface area (Å²) in [6.45, 7) is 0.733. The Hall–Kier alpha value is -1.35. The molecule has 3 nitrogen and oxygen atoms in total. The highest BCUT2D eigenvalue weighted by molar-refractivity contribution is 5.79. The van der Waals surface area contributed by atoms with E-state index in [-0.39, 0.29) is 11.8 Å². The van der Waals surface area contributed by atoms with Crippen molar-refractivity contribution in [3.63, 3.8) is 0 Å². The first-order valence-corrected chi connectivity index (χ1v) is 7.15. The van der Waals surface area contributed by atoms with Gasteiger partial charge in [0.25, 0.3) is 0 Å². The lowest BCUT2D eigenvalue weighted by Gasteiger charge is -2.28. The first-order valence-electron chi connectivity index (χ1n) is 7.15. The van der Waals surface area contributed by atoms with Crippen molar-refractivity contribution in [2.45, 2.75) is 31.7 Å². The maximum atomic E-state index is 11.9. The van der Waals surface area contributed by atoms with Crippen LogP contribution in [-0.4, -0.2) is 37.5 Å². The van der Waals surface area contributed by atoms with Crippen molar-refractivity contribution >= 4 is 5.91 Å². The molecule has 0 heterocycles. The normalized spacial score (nSPS) is 17.0. The number of carbonyl (C=O) groups excluding carboxylic acids is 1. The Balaban J connectivity index is 1.84. The molecule has 2 rings (SSSR count). The van der Waals surface area contributed by atoms with Gasteiger partial charge < -0.3 is 10.2 Å². The second-order valence-corrected chi connectivity index (χ2v) is 5.68. The summed E-state index contributed by atoms with van der Waals surface area (Å²) in [6, 6.07) is 10.8. The van der Waals surface area contributed by atoms with Gasteiger partial charge in [0.15, 0.2) is 0 Å². The van der Waals surface area contributed by atoms with Crippen LogP contribution in [0.2, 0.25) is 0 Å². The lowest BCUT2D eigenvalue weighted by Crippen LogP contribution is -2.44. The third-order valence-corrected chi connectivity index (χ3v) is 4.03. The summed E-state index contributed by atoms with van der Waals surface area (Å²) in [5.74, 6) is 0.519. The van der Waals surface area contributed by atoms with Gasteiger partial charge in [-0.3, -0.25) is 4.79 Å². The summed E-state index contributed by atoms with van der Waals surface area (Å²) in [5, 5.41) is 3.11. The van der Waals surface area contributed by atoms with E-state index in [9.17, 15) is 4.79 Å². The fourth-order valence-corrected chi connectivity index (χ4v) is 2.36. The smallest absolute Gasteiger partial charge is 0.223 e. The van der Waals surface area contributed by atoms with Gasteiger partial charge in [-0.25, -0.2) is 0 Å². The van der Waals surface area contributed by atoms with Gasteiger partial charge in [-0.1, -0.05) is 36.8 Å². The van der Waals surface area contributed by atoms with Gasteiger partial charge in [0.05, 0.1) is 0 Å². The molecule has 1 aliphatic carbocycles. The Bertz CT molecular complexity index is 398. The van der Waals surface area contributed by atoms with Crippen LogP contribution in [-0.2, 0) is 11.2 Å². The van der Waals surface area contributed by atoms with Crippen molar-refractivity contribution in [3.8, 4) is 0 Å². The van der Waals surface area contributed by atoms with Crippen LogP contribution in [0.25, 0.3) is 0 Å². The van der Waals surface area contributed by atoms with Gasteiger partial charge >= 0.3 is 0 Å². The van der Waals surface area contributed by atoms with E-state index in [2.05, 4.69) is 48.6 Å². The van der Waals surface area contributed by atoms with Gasteiger partial charge in [0, 0.05) is 18.5 Å². The molecule has 0 saturated heterocycles. The van der Waals surface area contributed by atoms with Crippen LogP contribution in [0.5, 0.6) is 0 Å². The van der Waals surface area contributed by atoms with E-state index in [1.807, 2.05) is 6.07 Å². The zero-order valence-electron chi connectivity index (χ0n) is 11.9. The van der Waals surface area contributed by atoms with Crippen molar-refractivity contribution in [3.05, 3.63) is 35.9 Å². The van der Waals surface area contributed by atoms with Crippen LogP contribution in [0.15, 0.2) is 30.3 Å². The lowest BCUT2D eigenvalue weighted by molar-refractivity contribution is -0.127. The van der Waals surface area contributed by atoms with Gasteiger partial charge in [0.2, 0.25) is 5.91 Å². The van der Waals surface area contributed by atoms with Crippen LogP contribution in [0, 0.1) is 5.92 Å². The molecule has 1 aromatic carbocycles. The summed E-state index contributed by atoms with van der Waals surface area (Å²) in [7, 11) is 4.15. The Kier molecular flexibility index (Phi) is 4.97. The molecule has 1 saturated carbocycles. The lowest BCUT2D eigenvalue weighted by atomic mass is 9.85. The number of amides is 1. The van der Waals surface area contributed by atoms with Gasteiger partial charge in [-0.05, 0) is 38.9 Å². The highest BCUT2D eigenvalue weighted by atomic mass is 16.1. The van der Waals surface area contributed by atoms with Gasteiger partial charge in [0.1, 0.15) is 0 Å². The maximum Gasteiger partial charge on any atom is 0.223 e. The van der Waals surface area contributed by atoms with Crippen LogP contribution >= 0.6 is 0 Å². The van der Waals surface area contributed by atoms with E-state index in [0.717, 1.165) is 25.8 Å². The maximum absolute atomic E-state index is 11.9. The third-order valence-electron chi connectivity index (χ3n) is 4.03. The number of nitrogens with one attached hydrogen (secondary N) is 1. The van der Waals surface area contributed by atoms with E-state index in [1.165, 1.54) is 12.0 Å². The zero-order chi connectivity index (χ0) is 13.7. The number of hydrogen-bond donors (Lipinski definition) is 1. The molecule has 3 heteroatoms. The molecule has 0 radical (unpaired) electrons. The molecule has 1 amide bonds. The fraction of sp³-hybridized carbons (Fsp3) is 0.562. The predicted molar refractivity (Wildman–Crippen MR) is 78.0 cm³/mol. The second-order valence-electron chi connectivity index (χ2n) is 5.68. The average Bonchev–Trinajstić information content (AvgIpc) is 2.33. The van der Waals surface area contributed by atoms with Gasteiger partial charge in [-0.2, -0.15) is 0 Å². The number of likely N-dealkylation sites (N-methyl/N-ethyl adjacent to an activating group) is 1. The molecule has 1 unspecified atom stereocenters. The van der Waals surface area contributed by atoms with E-state index >= 15 is 0 Å². The molecule has 19 heavy (non-hydrogen) atoms. The fourth-order valence-electron chi connectivity index (χ4n) is 2.36. The van der Waals surface area contributed by atoms with Crippen molar-refractivity contribution < 1.29 is 4.79 Å². The first kappa shape index (κ1) is 14.1. The topological polar surface area (TPSA) is 32.3 Å². The number of benzene rings is 1. The Labute approximate surface area is 116 Å². The van der Waals surface area contributed by atoms with E-state index in [4.69, 9.17) is 0 Å². The average molecular weight is 260 g/mol. The van der Waals surface area contributed by atoms with E-state index in [1.54, 1.807) is 0 Å². The number of nitrogens with zero attached hydrogens (tertiary/aromatic N) is 1. The van der Waals surface area contributed by atoms with Crippen molar-refractivity contribution in [1.29, 1.82) is 0 Å². The minimum absolute atomic E-state index is 0.242. The summed E-state index contributed by atoms with van der Waals surface area (Å²) >= 11 is 0. The van der Waals surface area contributed by atoms with Crippen LogP contribution in [0.3, 0.4) is 0 Å². The third kappa shape index (κ3) is 4.06. The van der Waals surface area contributed by atoms with E-state index < -0.39 is 0 Å². The SMILES string of the molecule is CN(C)C(CNC(=O)C1CCC1)Cc1ccccc1. The summed E-state index contributed by atoms with van der Waals surface area (Å²) in [4.78, 5) is 14.1. The monoisotopic (exact) mass is 260 g/mol. The molecular weight excluding hydrogens is 236 g/mol. The Morgan fingerprint density at radius 2 is 2.00 bits per heavy atom. The standard InChI is InChI=1S/C16H24N2O/c1-18(2)15(11-13-7-4-3-5-8-13)12-17-16(19)14-9-6-10-14/h3-5,7-8,14-15H,6,9-12H2,1-2H3,(H,17,19). The first-order chi connectivity index (χ1) is 9.16. The quantitative estimate of drug-likeness (QED) is 0.849. The minimum atomic E-state index is 0.242. The van der Waals surface area contributed by atoms with Gasteiger partial charge in [-0.15, -0.1) is 0 Å². The predicted octanol–water partition coefficient (Wildman–Crippen LogP) is 2.08. The zero-order valence-corrected chi connectivity index (χ0v) is 11.9. The highest BCUT2D eigenvalue weighted by Gasteiger charge is 2.25. The van der Waals surface area contributed by atoms with E-state index in [0.29, 0.717) is 6.04 Å². The highest BCUT2D eigenvalue weighted by Crippen LogP contribution is 2.26. The molecule has 1 N–H and O–H groups in total. The van der Waals surface area contributed by atoms with Crippen LogP contribution < -0.4 is 5.32 Å². The molecular formula is C16H24N2O. The number of rotatable bonds is 6. The molecule has 0 aliphatic heterocycles. The molecule has 1 fully saturated rings. The van der Waals surface area contributed by atoms with Crippen LogP contribution in [0.1, 0.15) is 24.8 Å². The Morgan fingerprint density at radius 3 is 2.53 bits per heavy atom. The largest absolute Gasteiger partial charge is 0.354 e. The second kappa shape index (κ2) is 6.71. The minimum Gasteiger partial charge on any atom is -0.354 e. The van der Waals surface area contributed by atoms with Crippen molar-refractivity contribution in [2.24, 2.45) is 5.92 Å². The van der Waals surface area contributed by atoms with Crippen LogP contribution in [0.4, 0.5) is 0 Å². The molecule has 1 atom stereocenters. The summed E-state index contributed by atoms with van der Waals surface area (Å²) in [5.41, 5.74) is 1.32. The molecule has 1 aromatic rings. The number of hydrogen-bond acceptors (Lipinski definition) is 2. The molecule has 0 aromatic heterocycles. The number of carbonyl (C=O) groups is 1. The summed E-state index contributed by atoms with van der Waals surface area (Å²) < 4.78 is 0. The molecule has 0 spiro atoms. The molecule has 1 aliphatic rings. The van der Waals surface area contributed by atoms with Crippen molar-refractivity contribution in [1.82, 2.24) is 10.2 Å². The Morgan fingerprint density at radius 1 is 1.32 bits per heavy atom. The molecule has 0 bridgehead atoms. The molecule has 104 valence electrons.